The average molecular weight is 398 g/mol. The molecule has 0 bridgehead atoms. The lowest BCUT2D eigenvalue weighted by Crippen LogP contribution is -2.14. The lowest BCUT2D eigenvalue weighted by Gasteiger charge is -2.10. The molecular formula is C21H22N2O6. The van der Waals surface area contributed by atoms with E-state index in [1.165, 1.54) is 6.20 Å². The number of hydrogen-bond acceptors (Lipinski definition) is 7. The fraction of sp³-hybridized carbons (Fsp3) is 0.238. The summed E-state index contributed by atoms with van der Waals surface area (Å²) < 4.78 is 26.3. The maximum Gasteiger partial charge on any atom is 0.239 e. The Morgan fingerprint density at radius 3 is 2.17 bits per heavy atom. The van der Waals surface area contributed by atoms with E-state index in [1.807, 2.05) is 6.07 Å². The highest BCUT2D eigenvalue weighted by atomic mass is 16.5. The van der Waals surface area contributed by atoms with Crippen molar-refractivity contribution in [3.8, 4) is 34.1 Å². The van der Waals surface area contributed by atoms with Crippen molar-refractivity contribution < 1.29 is 28.3 Å². The minimum Gasteiger partial charge on any atom is -0.493 e. The normalized spacial score (nSPS) is 10.3. The summed E-state index contributed by atoms with van der Waals surface area (Å²) in [6, 6.07) is 10.7. The third-order valence-electron chi connectivity index (χ3n) is 4.33. The van der Waals surface area contributed by atoms with E-state index in [9.17, 15) is 4.79 Å². The molecule has 8 nitrogen and oxygen atoms in total. The monoisotopic (exact) mass is 398 g/mol. The highest BCUT2D eigenvalue weighted by molar-refractivity contribution is 5.94. The van der Waals surface area contributed by atoms with Gasteiger partial charge >= 0.3 is 0 Å². The van der Waals surface area contributed by atoms with Crippen LogP contribution in [-0.4, -0.2) is 39.5 Å². The molecule has 0 unspecified atom stereocenters. The Labute approximate surface area is 168 Å². The van der Waals surface area contributed by atoms with Gasteiger partial charge in [0, 0.05) is 0 Å². The SMILES string of the molecule is COc1ccc(CC(=O)Nc2oncc2-c2ccc(OC)c(OC)c2)cc1OC. The van der Waals surface area contributed by atoms with Crippen LogP contribution in [0.3, 0.4) is 0 Å². The molecule has 0 aliphatic rings. The maximum absolute atomic E-state index is 12.5. The predicted molar refractivity (Wildman–Crippen MR) is 107 cm³/mol. The van der Waals surface area contributed by atoms with Gasteiger partial charge in [0.2, 0.25) is 11.8 Å². The van der Waals surface area contributed by atoms with Gasteiger partial charge in [-0.15, -0.1) is 0 Å². The molecule has 1 aromatic heterocycles. The number of nitrogens with zero attached hydrogens (tertiary/aromatic N) is 1. The molecule has 1 heterocycles. The van der Waals surface area contributed by atoms with Gasteiger partial charge in [-0.25, -0.2) is 0 Å². The van der Waals surface area contributed by atoms with Gasteiger partial charge in [-0.3, -0.25) is 10.1 Å². The van der Waals surface area contributed by atoms with Crippen molar-refractivity contribution in [2.45, 2.75) is 6.42 Å². The smallest absolute Gasteiger partial charge is 0.239 e. The highest BCUT2D eigenvalue weighted by Gasteiger charge is 2.16. The Morgan fingerprint density at radius 1 is 0.897 bits per heavy atom. The van der Waals surface area contributed by atoms with E-state index < -0.39 is 0 Å². The molecule has 0 aliphatic heterocycles. The van der Waals surface area contributed by atoms with Gasteiger partial charge < -0.3 is 23.5 Å². The Morgan fingerprint density at radius 2 is 1.52 bits per heavy atom. The van der Waals surface area contributed by atoms with Crippen LogP contribution in [0.25, 0.3) is 11.1 Å². The van der Waals surface area contributed by atoms with Gasteiger partial charge in [0.05, 0.1) is 46.6 Å². The minimum atomic E-state index is -0.254. The molecule has 152 valence electrons. The first-order valence-electron chi connectivity index (χ1n) is 8.77. The molecule has 0 aliphatic carbocycles. The van der Waals surface area contributed by atoms with Crippen LogP contribution in [0, 0.1) is 0 Å². The highest BCUT2D eigenvalue weighted by Crippen LogP contribution is 2.35. The summed E-state index contributed by atoms with van der Waals surface area (Å²) in [5.74, 6) is 2.32. The van der Waals surface area contributed by atoms with Crippen LogP contribution in [0.2, 0.25) is 0 Å². The van der Waals surface area contributed by atoms with E-state index in [2.05, 4.69) is 10.5 Å². The minimum absolute atomic E-state index is 0.131. The van der Waals surface area contributed by atoms with Gasteiger partial charge in [-0.05, 0) is 35.4 Å². The summed E-state index contributed by atoms with van der Waals surface area (Å²) in [6.07, 6.45) is 1.67. The standard InChI is InChI=1S/C21H22N2O6/c1-25-16-7-5-13(9-18(16)27-3)10-20(24)23-21-15(12-22-29-21)14-6-8-17(26-2)19(11-14)28-4/h5-9,11-12H,10H2,1-4H3,(H,23,24). The van der Waals surface area contributed by atoms with Crippen LogP contribution in [-0.2, 0) is 11.2 Å². The lowest BCUT2D eigenvalue weighted by molar-refractivity contribution is -0.115. The fourth-order valence-electron chi connectivity index (χ4n) is 2.89. The van der Waals surface area contributed by atoms with E-state index in [1.54, 1.807) is 58.8 Å². The molecule has 0 radical (unpaired) electrons. The van der Waals surface area contributed by atoms with Gasteiger partial charge in [-0.1, -0.05) is 17.3 Å². The molecule has 3 aromatic rings. The number of rotatable bonds is 8. The Hall–Kier alpha value is -3.68. The zero-order valence-corrected chi connectivity index (χ0v) is 16.6. The van der Waals surface area contributed by atoms with Crippen molar-refractivity contribution in [3.05, 3.63) is 48.2 Å². The number of carbonyl (C=O) groups excluding carboxylic acids is 1. The van der Waals surface area contributed by atoms with Crippen molar-refractivity contribution in [2.24, 2.45) is 0 Å². The lowest BCUT2D eigenvalue weighted by atomic mass is 10.1. The van der Waals surface area contributed by atoms with Crippen molar-refractivity contribution >= 4 is 11.8 Å². The number of amides is 1. The third-order valence-corrected chi connectivity index (χ3v) is 4.33. The second-order valence-electron chi connectivity index (χ2n) is 6.05. The Balaban J connectivity index is 1.77. The summed E-state index contributed by atoms with van der Waals surface area (Å²) in [6.45, 7) is 0. The number of hydrogen-bond donors (Lipinski definition) is 1. The largest absolute Gasteiger partial charge is 0.493 e. The van der Waals surface area contributed by atoms with Crippen LogP contribution in [0.4, 0.5) is 5.88 Å². The number of nitrogens with one attached hydrogen (secondary N) is 1. The van der Waals surface area contributed by atoms with Crippen molar-refractivity contribution in [1.82, 2.24) is 5.16 Å². The van der Waals surface area contributed by atoms with Crippen LogP contribution in [0.5, 0.6) is 23.0 Å². The van der Waals surface area contributed by atoms with E-state index in [4.69, 9.17) is 23.5 Å². The number of carbonyl (C=O) groups is 1. The van der Waals surface area contributed by atoms with E-state index in [0.717, 1.165) is 11.1 Å². The molecular weight excluding hydrogens is 376 g/mol. The van der Waals surface area contributed by atoms with Gasteiger partial charge in [-0.2, -0.15) is 0 Å². The fourth-order valence-corrected chi connectivity index (χ4v) is 2.89. The molecule has 0 spiro atoms. The number of aromatic nitrogens is 1. The number of benzene rings is 2. The zero-order chi connectivity index (χ0) is 20.8. The number of ether oxygens (including phenoxy) is 4. The molecule has 0 atom stereocenters. The number of methoxy groups -OCH3 is 4. The molecule has 29 heavy (non-hydrogen) atoms. The molecule has 0 saturated carbocycles. The number of anilines is 1. The van der Waals surface area contributed by atoms with Crippen molar-refractivity contribution in [1.29, 1.82) is 0 Å². The van der Waals surface area contributed by atoms with E-state index in [-0.39, 0.29) is 18.2 Å². The van der Waals surface area contributed by atoms with Crippen molar-refractivity contribution in [2.75, 3.05) is 33.8 Å². The summed E-state index contributed by atoms with van der Waals surface area (Å²) >= 11 is 0. The molecule has 1 N–H and O–H groups in total. The quantitative estimate of drug-likeness (QED) is 0.620. The second-order valence-corrected chi connectivity index (χ2v) is 6.05. The zero-order valence-electron chi connectivity index (χ0n) is 16.6. The van der Waals surface area contributed by atoms with Gasteiger partial charge in [0.1, 0.15) is 0 Å². The van der Waals surface area contributed by atoms with Crippen LogP contribution in [0.1, 0.15) is 5.56 Å². The second kappa shape index (κ2) is 9.01. The molecule has 8 heteroatoms. The molecule has 0 fully saturated rings. The first-order valence-corrected chi connectivity index (χ1v) is 8.77. The molecule has 2 aromatic carbocycles. The third kappa shape index (κ3) is 4.43. The van der Waals surface area contributed by atoms with Crippen LogP contribution in [0.15, 0.2) is 47.1 Å². The predicted octanol–water partition coefficient (Wildman–Crippen LogP) is 3.56. The summed E-state index contributed by atoms with van der Waals surface area (Å²) in [5, 5.41) is 6.57. The van der Waals surface area contributed by atoms with Crippen molar-refractivity contribution in [3.63, 3.8) is 0 Å². The topological polar surface area (TPSA) is 92.1 Å². The van der Waals surface area contributed by atoms with Gasteiger partial charge in [0.25, 0.3) is 0 Å². The van der Waals surface area contributed by atoms with E-state index >= 15 is 0 Å². The first kappa shape index (κ1) is 20.1. The summed E-state index contributed by atoms with van der Waals surface area (Å²) in [4.78, 5) is 12.5. The molecule has 1 amide bonds. The van der Waals surface area contributed by atoms with Gasteiger partial charge in [0.15, 0.2) is 23.0 Å². The Bertz CT molecular complexity index is 999. The summed E-state index contributed by atoms with van der Waals surface area (Å²) in [7, 11) is 6.23. The molecule has 0 saturated heterocycles. The first-order chi connectivity index (χ1) is 14.1. The Kier molecular flexibility index (Phi) is 6.23. The maximum atomic E-state index is 12.5. The van der Waals surface area contributed by atoms with E-state index in [0.29, 0.717) is 28.6 Å². The average Bonchev–Trinajstić information content (AvgIpc) is 3.20. The van der Waals surface area contributed by atoms with Crippen LogP contribution < -0.4 is 24.3 Å². The van der Waals surface area contributed by atoms with Crippen LogP contribution >= 0.6 is 0 Å². The molecule has 3 rings (SSSR count). The summed E-state index contributed by atoms with van der Waals surface area (Å²) in [5.41, 5.74) is 2.17.